The van der Waals surface area contributed by atoms with Crippen LogP contribution in [0.25, 0.3) is 32.4 Å². The van der Waals surface area contributed by atoms with Gasteiger partial charge in [-0.1, -0.05) is 24.8 Å². The Bertz CT molecular complexity index is 945. The van der Waals surface area contributed by atoms with Gasteiger partial charge >= 0.3 is 0 Å². The van der Waals surface area contributed by atoms with E-state index in [9.17, 15) is 0 Å². The Balaban J connectivity index is 2.10. The summed E-state index contributed by atoms with van der Waals surface area (Å²) in [5.74, 6) is 0. The second kappa shape index (κ2) is 4.46. The van der Waals surface area contributed by atoms with E-state index >= 15 is 0 Å². The lowest BCUT2D eigenvalue weighted by Gasteiger charge is -1.96. The summed E-state index contributed by atoms with van der Waals surface area (Å²) >= 11 is 1.66. The minimum Gasteiger partial charge on any atom is -0.396 e. The smallest absolute Gasteiger partial charge is 0.128 e. The molecule has 4 aromatic rings. The summed E-state index contributed by atoms with van der Waals surface area (Å²) in [6.07, 6.45) is 3.79. The largest absolute Gasteiger partial charge is 0.396 e. The van der Waals surface area contributed by atoms with E-state index in [1.165, 1.54) is 4.70 Å². The van der Waals surface area contributed by atoms with Crippen molar-refractivity contribution in [2.75, 3.05) is 5.73 Å². The number of anilines is 1. The molecule has 0 saturated carbocycles. The van der Waals surface area contributed by atoms with Gasteiger partial charge in [0.05, 0.1) is 32.7 Å². The number of fused-ring (bicyclic) bond motifs is 2. The highest BCUT2D eigenvalue weighted by Crippen LogP contribution is 2.39. The molecule has 0 fully saturated rings. The highest BCUT2D eigenvalue weighted by molar-refractivity contribution is 7.21. The van der Waals surface area contributed by atoms with Gasteiger partial charge in [0.15, 0.2) is 0 Å². The van der Waals surface area contributed by atoms with Crippen LogP contribution in [0.5, 0.6) is 0 Å². The quantitative estimate of drug-likeness (QED) is 0.593. The molecule has 4 heteroatoms. The van der Waals surface area contributed by atoms with Crippen LogP contribution in [-0.4, -0.2) is 9.38 Å². The Hall–Kier alpha value is -2.59. The SMILES string of the molecule is C=Cc1c(N)c(-c2nc3ccccc3s2)c2ccccn12. The molecule has 4 rings (SSSR count). The van der Waals surface area contributed by atoms with Crippen LogP contribution in [0.2, 0.25) is 0 Å². The highest BCUT2D eigenvalue weighted by Gasteiger charge is 2.18. The van der Waals surface area contributed by atoms with E-state index in [0.29, 0.717) is 0 Å². The summed E-state index contributed by atoms with van der Waals surface area (Å²) < 4.78 is 3.23. The van der Waals surface area contributed by atoms with Gasteiger partial charge in [-0.25, -0.2) is 4.98 Å². The first kappa shape index (κ1) is 12.2. The number of nitrogen functional groups attached to an aromatic ring is 1. The number of pyridine rings is 1. The molecule has 1 aromatic carbocycles. The molecule has 3 aromatic heterocycles. The molecule has 0 aliphatic rings. The van der Waals surface area contributed by atoms with Crippen LogP contribution in [0.15, 0.2) is 55.2 Å². The van der Waals surface area contributed by atoms with E-state index < -0.39 is 0 Å². The first-order chi connectivity index (χ1) is 10.3. The van der Waals surface area contributed by atoms with Gasteiger partial charge in [-0.2, -0.15) is 0 Å². The third kappa shape index (κ3) is 1.69. The van der Waals surface area contributed by atoms with Crippen molar-refractivity contribution in [1.82, 2.24) is 9.38 Å². The Morgan fingerprint density at radius 1 is 1.14 bits per heavy atom. The molecule has 0 saturated heterocycles. The van der Waals surface area contributed by atoms with Crippen LogP contribution >= 0.6 is 11.3 Å². The summed E-state index contributed by atoms with van der Waals surface area (Å²) in [5, 5.41) is 0.950. The number of benzene rings is 1. The van der Waals surface area contributed by atoms with Gasteiger partial charge in [-0.15, -0.1) is 11.3 Å². The second-order valence-corrected chi connectivity index (χ2v) is 5.85. The molecular weight excluding hydrogens is 278 g/mol. The summed E-state index contributed by atoms with van der Waals surface area (Å²) in [6, 6.07) is 14.2. The maximum absolute atomic E-state index is 6.36. The van der Waals surface area contributed by atoms with Crippen molar-refractivity contribution < 1.29 is 0 Å². The van der Waals surface area contributed by atoms with Gasteiger partial charge in [-0.05, 0) is 30.3 Å². The Morgan fingerprint density at radius 2 is 1.95 bits per heavy atom. The molecule has 21 heavy (non-hydrogen) atoms. The molecule has 0 aliphatic heterocycles. The third-order valence-electron chi connectivity index (χ3n) is 3.62. The average Bonchev–Trinajstić information content (AvgIpc) is 3.04. The minimum absolute atomic E-state index is 0.732. The first-order valence-corrected chi connectivity index (χ1v) is 7.48. The highest BCUT2D eigenvalue weighted by atomic mass is 32.1. The van der Waals surface area contributed by atoms with Gasteiger partial charge in [-0.3, -0.25) is 0 Å². The molecule has 0 radical (unpaired) electrons. The topological polar surface area (TPSA) is 43.3 Å². The van der Waals surface area contributed by atoms with E-state index in [1.54, 1.807) is 17.4 Å². The van der Waals surface area contributed by atoms with Crippen LogP contribution in [0, 0.1) is 0 Å². The van der Waals surface area contributed by atoms with Crippen molar-refractivity contribution in [3.05, 3.63) is 60.9 Å². The van der Waals surface area contributed by atoms with E-state index in [4.69, 9.17) is 10.7 Å². The number of nitrogens with two attached hydrogens (primary N) is 1. The maximum atomic E-state index is 6.36. The van der Waals surface area contributed by atoms with E-state index in [2.05, 4.69) is 23.1 Å². The molecule has 0 atom stereocenters. The van der Waals surface area contributed by atoms with Crippen LogP contribution in [0.1, 0.15) is 5.69 Å². The summed E-state index contributed by atoms with van der Waals surface area (Å²) in [4.78, 5) is 4.73. The molecule has 0 aliphatic carbocycles. The lowest BCUT2D eigenvalue weighted by atomic mass is 10.2. The lowest BCUT2D eigenvalue weighted by molar-refractivity contribution is 1.18. The first-order valence-electron chi connectivity index (χ1n) is 6.66. The molecule has 0 spiro atoms. The Kier molecular flexibility index (Phi) is 2.59. The van der Waals surface area contributed by atoms with E-state index in [0.717, 1.165) is 33.0 Å². The second-order valence-electron chi connectivity index (χ2n) is 4.82. The number of aromatic nitrogens is 2. The van der Waals surface area contributed by atoms with Crippen molar-refractivity contribution in [1.29, 1.82) is 0 Å². The average molecular weight is 291 g/mol. The Morgan fingerprint density at radius 3 is 2.76 bits per heavy atom. The zero-order chi connectivity index (χ0) is 14.4. The van der Waals surface area contributed by atoms with Gasteiger partial charge in [0.25, 0.3) is 0 Å². The van der Waals surface area contributed by atoms with Gasteiger partial charge in [0, 0.05) is 6.20 Å². The summed E-state index contributed by atoms with van der Waals surface area (Å²) in [5.41, 5.74) is 11.1. The predicted octanol–water partition coefficient (Wildman–Crippen LogP) is 4.44. The molecular formula is C17H13N3S. The fraction of sp³-hybridized carbons (Fsp3) is 0. The fourth-order valence-electron chi connectivity index (χ4n) is 2.66. The van der Waals surface area contributed by atoms with Crippen molar-refractivity contribution in [2.24, 2.45) is 0 Å². The van der Waals surface area contributed by atoms with Crippen LogP contribution in [0.3, 0.4) is 0 Å². The van der Waals surface area contributed by atoms with Gasteiger partial charge in [0.1, 0.15) is 5.01 Å². The van der Waals surface area contributed by atoms with E-state index in [1.807, 2.05) is 36.5 Å². The third-order valence-corrected chi connectivity index (χ3v) is 4.68. The number of nitrogens with zero attached hydrogens (tertiary/aromatic N) is 2. The zero-order valence-corrected chi connectivity index (χ0v) is 12.1. The van der Waals surface area contributed by atoms with Gasteiger partial charge in [0.2, 0.25) is 0 Å². The summed E-state index contributed by atoms with van der Waals surface area (Å²) in [6.45, 7) is 3.87. The molecule has 102 valence electrons. The van der Waals surface area contributed by atoms with Crippen molar-refractivity contribution in [3.63, 3.8) is 0 Å². The molecule has 0 bridgehead atoms. The minimum atomic E-state index is 0.732. The number of hydrogen-bond acceptors (Lipinski definition) is 3. The number of hydrogen-bond donors (Lipinski definition) is 1. The number of rotatable bonds is 2. The fourth-order valence-corrected chi connectivity index (χ4v) is 3.70. The van der Waals surface area contributed by atoms with Crippen molar-refractivity contribution in [3.8, 4) is 10.6 Å². The molecule has 0 unspecified atom stereocenters. The normalized spacial score (nSPS) is 11.2. The summed E-state index contributed by atoms with van der Waals surface area (Å²) in [7, 11) is 0. The maximum Gasteiger partial charge on any atom is 0.128 e. The van der Waals surface area contributed by atoms with Crippen molar-refractivity contribution >= 4 is 38.8 Å². The van der Waals surface area contributed by atoms with Gasteiger partial charge < -0.3 is 10.1 Å². The predicted molar refractivity (Wildman–Crippen MR) is 90.5 cm³/mol. The van der Waals surface area contributed by atoms with E-state index in [-0.39, 0.29) is 0 Å². The molecule has 3 heterocycles. The van der Waals surface area contributed by atoms with Crippen LogP contribution in [0.4, 0.5) is 5.69 Å². The number of para-hydroxylation sites is 1. The molecule has 0 amide bonds. The molecule has 3 nitrogen and oxygen atoms in total. The van der Waals surface area contributed by atoms with Crippen LogP contribution in [-0.2, 0) is 0 Å². The molecule has 2 N–H and O–H groups in total. The monoisotopic (exact) mass is 291 g/mol. The lowest BCUT2D eigenvalue weighted by Crippen LogP contribution is -1.89. The van der Waals surface area contributed by atoms with Crippen molar-refractivity contribution in [2.45, 2.75) is 0 Å². The zero-order valence-electron chi connectivity index (χ0n) is 11.3. The van der Waals surface area contributed by atoms with Crippen LogP contribution < -0.4 is 5.73 Å². The Labute approximate surface area is 126 Å². The standard InChI is InChI=1S/C17H13N3S/c1-2-12-16(18)15(13-8-5-6-10-20(12)13)17-19-11-7-3-4-9-14(11)21-17/h2-10H,1,18H2. The number of thiazole rings is 1.